The van der Waals surface area contributed by atoms with Gasteiger partial charge >= 0.3 is 0 Å². The van der Waals surface area contributed by atoms with E-state index in [1.807, 2.05) is 13.8 Å². The molecule has 0 aromatic rings. The lowest BCUT2D eigenvalue weighted by atomic mass is 9.86. The van der Waals surface area contributed by atoms with Crippen LogP contribution in [0.25, 0.3) is 0 Å². The van der Waals surface area contributed by atoms with Crippen LogP contribution in [0.1, 0.15) is 39.5 Å². The molecule has 120 valence electrons. The summed E-state index contributed by atoms with van der Waals surface area (Å²) in [5, 5.41) is 13.6. The van der Waals surface area contributed by atoms with Crippen LogP contribution >= 0.6 is 0 Å². The van der Waals surface area contributed by atoms with Gasteiger partial charge in [-0.05, 0) is 64.5 Å². The van der Waals surface area contributed by atoms with Crippen LogP contribution in [0.15, 0.2) is 0 Å². The van der Waals surface area contributed by atoms with Crippen molar-refractivity contribution in [3.05, 3.63) is 0 Å². The van der Waals surface area contributed by atoms with Crippen molar-refractivity contribution in [3.63, 3.8) is 0 Å². The normalized spacial score (nSPS) is 40.6. The van der Waals surface area contributed by atoms with Crippen LogP contribution in [-0.2, 0) is 4.79 Å². The number of nitrogens with two attached hydrogens (primary N) is 1. The highest BCUT2D eigenvalue weighted by atomic mass is 16.3. The first-order chi connectivity index (χ1) is 9.79. The molecule has 0 bridgehead atoms. The number of hydrogen-bond acceptors (Lipinski definition) is 4. The Morgan fingerprint density at radius 1 is 1.43 bits per heavy atom. The molecule has 0 radical (unpaired) electrons. The predicted molar refractivity (Wildman–Crippen MR) is 81.6 cm³/mol. The Hall–Kier alpha value is -0.650. The molecule has 21 heavy (non-hydrogen) atoms. The number of rotatable bonds is 4. The maximum absolute atomic E-state index is 11.5. The summed E-state index contributed by atoms with van der Waals surface area (Å²) in [6, 6.07) is 0. The summed E-state index contributed by atoms with van der Waals surface area (Å²) in [4.78, 5) is 13.8. The van der Waals surface area contributed by atoms with E-state index < -0.39 is 5.60 Å². The largest absolute Gasteiger partial charge is 0.389 e. The molecule has 1 aliphatic carbocycles. The number of nitrogens with zero attached hydrogens (tertiary/aromatic N) is 1. The lowest BCUT2D eigenvalue weighted by Gasteiger charge is -2.31. The number of nitrogens with one attached hydrogen (secondary N) is 1. The van der Waals surface area contributed by atoms with Crippen LogP contribution in [-0.4, -0.2) is 53.2 Å². The molecular weight excluding hydrogens is 266 g/mol. The highest BCUT2D eigenvalue weighted by molar-refractivity contribution is 5.77. The molecule has 0 aromatic carbocycles. The van der Waals surface area contributed by atoms with E-state index in [9.17, 15) is 9.90 Å². The van der Waals surface area contributed by atoms with Gasteiger partial charge < -0.3 is 21.1 Å². The van der Waals surface area contributed by atoms with Crippen molar-refractivity contribution in [2.45, 2.75) is 50.7 Å². The fourth-order valence-corrected chi connectivity index (χ4v) is 4.62. The van der Waals surface area contributed by atoms with Crippen LogP contribution < -0.4 is 11.1 Å². The van der Waals surface area contributed by atoms with E-state index >= 15 is 0 Å². The van der Waals surface area contributed by atoms with E-state index in [4.69, 9.17) is 5.73 Å². The molecule has 3 unspecified atom stereocenters. The second-order valence-corrected chi connectivity index (χ2v) is 8.08. The number of likely N-dealkylation sites (tertiary alicyclic amines) is 1. The van der Waals surface area contributed by atoms with Crippen molar-refractivity contribution in [1.82, 2.24) is 10.2 Å². The van der Waals surface area contributed by atoms with Gasteiger partial charge in [0.2, 0.25) is 5.91 Å². The average molecular weight is 295 g/mol. The number of β-amino-alcohol motifs (C(OH)–C–C–N with tert-alkyl or cyclic N) is 1. The Labute approximate surface area is 127 Å². The van der Waals surface area contributed by atoms with Crippen LogP contribution in [0.2, 0.25) is 0 Å². The number of carbonyl (C=O) groups is 1. The molecular formula is C16H29N3O2. The topological polar surface area (TPSA) is 78.6 Å². The summed E-state index contributed by atoms with van der Waals surface area (Å²) in [5.74, 6) is 1.32. The number of amides is 1. The fraction of sp³-hybridized carbons (Fsp3) is 0.938. The van der Waals surface area contributed by atoms with E-state index in [0.29, 0.717) is 11.8 Å². The first-order valence-electron chi connectivity index (χ1n) is 8.28. The summed E-state index contributed by atoms with van der Waals surface area (Å²) in [6.45, 7) is 7.59. The molecule has 0 aromatic heterocycles. The third-order valence-electron chi connectivity index (χ3n) is 5.61. The van der Waals surface area contributed by atoms with Gasteiger partial charge in [-0.1, -0.05) is 0 Å². The highest BCUT2D eigenvalue weighted by Crippen LogP contribution is 2.55. The first kappa shape index (κ1) is 15.3. The summed E-state index contributed by atoms with van der Waals surface area (Å²) in [7, 11) is 0. The minimum absolute atomic E-state index is 0.0603. The van der Waals surface area contributed by atoms with Gasteiger partial charge in [-0.3, -0.25) is 4.79 Å². The molecule has 2 heterocycles. The molecule has 1 amide bonds. The molecule has 2 aliphatic heterocycles. The maximum Gasteiger partial charge on any atom is 0.220 e. The lowest BCUT2D eigenvalue weighted by molar-refractivity contribution is -0.123. The van der Waals surface area contributed by atoms with Gasteiger partial charge in [0.15, 0.2) is 0 Å². The predicted octanol–water partition coefficient (Wildman–Crippen LogP) is 0.323. The van der Waals surface area contributed by atoms with Crippen molar-refractivity contribution < 1.29 is 9.90 Å². The van der Waals surface area contributed by atoms with E-state index in [1.54, 1.807) is 0 Å². The number of aliphatic hydroxyl groups is 1. The van der Waals surface area contributed by atoms with Crippen molar-refractivity contribution in [3.8, 4) is 0 Å². The second-order valence-electron chi connectivity index (χ2n) is 8.08. The average Bonchev–Trinajstić information content (AvgIpc) is 2.85. The van der Waals surface area contributed by atoms with Crippen molar-refractivity contribution in [2.24, 2.45) is 23.5 Å². The minimum Gasteiger partial charge on any atom is -0.389 e. The molecule has 3 fully saturated rings. The Balaban J connectivity index is 1.55. The molecule has 5 nitrogen and oxygen atoms in total. The summed E-state index contributed by atoms with van der Waals surface area (Å²) in [6.07, 6.45) is 4.22. The van der Waals surface area contributed by atoms with Crippen molar-refractivity contribution in [2.75, 3.05) is 26.2 Å². The molecule has 2 saturated heterocycles. The number of primary amides is 1. The van der Waals surface area contributed by atoms with E-state index in [-0.39, 0.29) is 17.4 Å². The van der Waals surface area contributed by atoms with Crippen LogP contribution in [0, 0.1) is 17.8 Å². The zero-order valence-electron chi connectivity index (χ0n) is 13.3. The van der Waals surface area contributed by atoms with Gasteiger partial charge in [-0.25, -0.2) is 0 Å². The quantitative estimate of drug-likeness (QED) is 0.698. The summed E-state index contributed by atoms with van der Waals surface area (Å²) >= 11 is 0. The van der Waals surface area contributed by atoms with Gasteiger partial charge in [0, 0.05) is 24.5 Å². The van der Waals surface area contributed by atoms with Gasteiger partial charge in [-0.2, -0.15) is 0 Å². The zero-order valence-corrected chi connectivity index (χ0v) is 13.3. The molecule has 1 spiro atoms. The Morgan fingerprint density at radius 2 is 2.19 bits per heavy atom. The molecule has 3 aliphatic rings. The van der Waals surface area contributed by atoms with Gasteiger partial charge in [0.1, 0.15) is 0 Å². The third-order valence-corrected chi connectivity index (χ3v) is 5.61. The Kier molecular flexibility index (Phi) is 3.79. The number of hydrogen-bond donors (Lipinski definition) is 3. The highest BCUT2D eigenvalue weighted by Gasteiger charge is 2.59. The maximum atomic E-state index is 11.5. The Bertz CT molecular complexity index is 420. The summed E-state index contributed by atoms with van der Waals surface area (Å²) in [5.41, 5.74) is 5.08. The van der Waals surface area contributed by atoms with Crippen molar-refractivity contribution >= 4 is 5.91 Å². The van der Waals surface area contributed by atoms with Gasteiger partial charge in [-0.15, -0.1) is 0 Å². The molecule has 3 rings (SSSR count). The first-order valence-corrected chi connectivity index (χ1v) is 8.28. The van der Waals surface area contributed by atoms with E-state index in [2.05, 4.69) is 10.2 Å². The van der Waals surface area contributed by atoms with Crippen LogP contribution in [0.4, 0.5) is 0 Å². The monoisotopic (exact) mass is 295 g/mol. The molecule has 4 atom stereocenters. The second kappa shape index (κ2) is 5.21. The minimum atomic E-state index is -0.615. The standard InChI is InChI=1S/C16H29N3O2/c1-15(2,21)10-19-6-4-12(9-19)13-8-16(13)7-11(14(17)20)3-5-18-16/h11-13,18,21H,3-10H2,1-2H3,(H2,17,20)/t11?,12-,13?,16?/m0/s1. The molecule has 5 heteroatoms. The van der Waals surface area contributed by atoms with E-state index in [1.165, 1.54) is 12.8 Å². The van der Waals surface area contributed by atoms with Crippen LogP contribution in [0.5, 0.6) is 0 Å². The fourth-order valence-electron chi connectivity index (χ4n) is 4.62. The molecule has 4 N–H and O–H groups in total. The van der Waals surface area contributed by atoms with E-state index in [0.717, 1.165) is 39.0 Å². The number of carbonyl (C=O) groups excluding carboxylic acids is 1. The smallest absolute Gasteiger partial charge is 0.220 e. The van der Waals surface area contributed by atoms with Crippen LogP contribution in [0.3, 0.4) is 0 Å². The van der Waals surface area contributed by atoms with Gasteiger partial charge in [0.25, 0.3) is 0 Å². The SMILES string of the molecule is CC(C)(O)CN1CC[C@H](C2CC23CC(C(N)=O)CCN3)C1. The van der Waals surface area contributed by atoms with Crippen molar-refractivity contribution in [1.29, 1.82) is 0 Å². The molecule has 1 saturated carbocycles. The lowest BCUT2D eigenvalue weighted by Crippen LogP contribution is -2.46. The number of piperidine rings is 1. The third kappa shape index (κ3) is 3.25. The zero-order chi connectivity index (χ0) is 15.3. The summed E-state index contributed by atoms with van der Waals surface area (Å²) < 4.78 is 0. The van der Waals surface area contributed by atoms with Gasteiger partial charge in [0.05, 0.1) is 5.60 Å². The Morgan fingerprint density at radius 3 is 2.86 bits per heavy atom.